The molecule has 0 fully saturated rings. The van der Waals surface area contributed by atoms with E-state index in [0.29, 0.717) is 11.3 Å². The van der Waals surface area contributed by atoms with Crippen LogP contribution in [0.15, 0.2) is 48.5 Å². The van der Waals surface area contributed by atoms with E-state index in [0.717, 1.165) is 11.1 Å². The molecule has 0 aromatic heterocycles. The Labute approximate surface area is 170 Å². The molecule has 1 atom stereocenters. The van der Waals surface area contributed by atoms with Crippen molar-refractivity contribution >= 4 is 23.5 Å². The van der Waals surface area contributed by atoms with Gasteiger partial charge in [0.15, 0.2) is 0 Å². The summed E-state index contributed by atoms with van der Waals surface area (Å²) in [5.41, 5.74) is 2.05. The van der Waals surface area contributed by atoms with E-state index in [1.165, 1.54) is 4.90 Å². The van der Waals surface area contributed by atoms with E-state index in [1.807, 2.05) is 45.0 Å². The average Bonchev–Trinajstić information content (AvgIpc) is 2.73. The van der Waals surface area contributed by atoms with Gasteiger partial charge in [0.05, 0.1) is 12.8 Å². The zero-order valence-electron chi connectivity index (χ0n) is 16.8. The van der Waals surface area contributed by atoms with E-state index in [1.54, 1.807) is 24.3 Å². The largest absolute Gasteiger partial charge is 0.481 e. The van der Waals surface area contributed by atoms with Crippen molar-refractivity contribution in [1.29, 1.82) is 0 Å². The lowest BCUT2D eigenvalue weighted by molar-refractivity contribution is -0.155. The first-order chi connectivity index (χ1) is 13.7. The number of hydrogen-bond donors (Lipinski definition) is 1. The summed E-state index contributed by atoms with van der Waals surface area (Å²) in [5, 5.41) is 9.12. The molecular weight excluding hydrogens is 370 g/mol. The number of benzene rings is 2. The van der Waals surface area contributed by atoms with Crippen molar-refractivity contribution in [2.75, 3.05) is 11.4 Å². The normalized spacial score (nSPS) is 15.9. The highest BCUT2D eigenvalue weighted by Gasteiger charge is 2.34. The zero-order chi connectivity index (χ0) is 21.2. The van der Waals surface area contributed by atoms with Gasteiger partial charge in [0.1, 0.15) is 5.60 Å². The Balaban J connectivity index is 2.10. The fourth-order valence-corrected chi connectivity index (χ4v) is 3.65. The predicted molar refractivity (Wildman–Crippen MR) is 109 cm³/mol. The number of carbonyl (C=O) groups excluding carboxylic acids is 2. The maximum absolute atomic E-state index is 13.3. The highest BCUT2D eigenvalue weighted by atomic mass is 16.6. The first-order valence-electron chi connectivity index (χ1n) is 9.61. The maximum Gasteiger partial charge on any atom is 0.307 e. The number of hydrogen-bond acceptors (Lipinski definition) is 4. The van der Waals surface area contributed by atoms with Gasteiger partial charge >= 0.3 is 11.9 Å². The number of para-hydroxylation sites is 1. The summed E-state index contributed by atoms with van der Waals surface area (Å²) in [6, 6.07) is 14.5. The standard InChI is InChI=1S/C23H25NO5/c1-23(2,3)29-21(27)14-18-15-8-4-5-10-17(15)22(28)24(13-12-20(25)26)19-11-7-6-9-16(18)19/h4-11,18H,12-14H2,1-3H3,(H,25,26). The summed E-state index contributed by atoms with van der Waals surface area (Å²) in [6.07, 6.45) is -0.0790. The average molecular weight is 395 g/mol. The fourth-order valence-electron chi connectivity index (χ4n) is 3.65. The number of carboxylic acids is 1. The minimum atomic E-state index is -0.974. The van der Waals surface area contributed by atoms with Crippen LogP contribution < -0.4 is 4.90 Å². The lowest BCUT2D eigenvalue weighted by atomic mass is 9.86. The predicted octanol–water partition coefficient (Wildman–Crippen LogP) is 3.99. The maximum atomic E-state index is 13.3. The second-order valence-electron chi connectivity index (χ2n) is 8.09. The fraction of sp³-hybridized carbons (Fsp3) is 0.348. The molecule has 6 heteroatoms. The molecular formula is C23H25NO5. The van der Waals surface area contributed by atoms with Crippen LogP contribution >= 0.6 is 0 Å². The number of carbonyl (C=O) groups is 3. The van der Waals surface area contributed by atoms with Gasteiger partial charge in [-0.1, -0.05) is 36.4 Å². The van der Waals surface area contributed by atoms with Gasteiger partial charge in [-0.3, -0.25) is 14.4 Å². The lowest BCUT2D eigenvalue weighted by Crippen LogP contribution is -2.33. The Kier molecular flexibility index (Phi) is 5.73. The molecule has 1 unspecified atom stereocenters. The molecule has 1 heterocycles. The van der Waals surface area contributed by atoms with Gasteiger partial charge in [-0.05, 0) is 44.0 Å². The van der Waals surface area contributed by atoms with Gasteiger partial charge < -0.3 is 14.7 Å². The Hall–Kier alpha value is -3.15. The van der Waals surface area contributed by atoms with Gasteiger partial charge in [0.2, 0.25) is 0 Å². The molecule has 3 rings (SSSR count). The molecule has 2 aromatic rings. The molecule has 0 saturated carbocycles. The first kappa shape index (κ1) is 20.6. The van der Waals surface area contributed by atoms with Gasteiger partial charge in [0, 0.05) is 23.7 Å². The van der Waals surface area contributed by atoms with E-state index < -0.39 is 11.6 Å². The number of carboxylic acid groups (broad SMARTS) is 1. The van der Waals surface area contributed by atoms with Crippen LogP contribution in [0.4, 0.5) is 5.69 Å². The summed E-state index contributed by atoms with van der Waals surface area (Å²) >= 11 is 0. The molecule has 0 spiro atoms. The number of anilines is 1. The molecule has 0 saturated heterocycles. The Bertz CT molecular complexity index is 944. The van der Waals surface area contributed by atoms with Crippen molar-refractivity contribution in [3.63, 3.8) is 0 Å². The third-order valence-corrected chi connectivity index (χ3v) is 4.75. The summed E-state index contributed by atoms with van der Waals surface area (Å²) in [7, 11) is 0. The number of rotatable bonds is 5. The molecule has 29 heavy (non-hydrogen) atoms. The number of esters is 1. The molecule has 1 aliphatic rings. The van der Waals surface area contributed by atoms with Crippen LogP contribution in [0.3, 0.4) is 0 Å². The molecule has 1 amide bonds. The van der Waals surface area contributed by atoms with Crippen molar-refractivity contribution in [3.05, 3.63) is 65.2 Å². The van der Waals surface area contributed by atoms with E-state index in [2.05, 4.69) is 0 Å². The van der Waals surface area contributed by atoms with E-state index >= 15 is 0 Å². The van der Waals surface area contributed by atoms with Crippen LogP contribution in [0.2, 0.25) is 0 Å². The quantitative estimate of drug-likeness (QED) is 0.774. The number of ether oxygens (including phenoxy) is 1. The van der Waals surface area contributed by atoms with Crippen LogP contribution in [0.25, 0.3) is 0 Å². The minimum absolute atomic E-state index is 0.0542. The molecule has 2 aromatic carbocycles. The van der Waals surface area contributed by atoms with E-state index in [-0.39, 0.29) is 37.2 Å². The Morgan fingerprint density at radius 1 is 1.03 bits per heavy atom. The smallest absolute Gasteiger partial charge is 0.307 e. The highest BCUT2D eigenvalue weighted by Crippen LogP contribution is 2.40. The lowest BCUT2D eigenvalue weighted by Gasteiger charge is -2.25. The van der Waals surface area contributed by atoms with Gasteiger partial charge in [0.25, 0.3) is 5.91 Å². The summed E-state index contributed by atoms with van der Waals surface area (Å²) < 4.78 is 5.53. The van der Waals surface area contributed by atoms with Crippen molar-refractivity contribution in [3.8, 4) is 0 Å². The van der Waals surface area contributed by atoms with Crippen molar-refractivity contribution in [1.82, 2.24) is 0 Å². The monoisotopic (exact) mass is 395 g/mol. The number of nitrogens with zero attached hydrogens (tertiary/aromatic N) is 1. The number of amides is 1. The van der Waals surface area contributed by atoms with Crippen LogP contribution in [0, 0.1) is 0 Å². The van der Waals surface area contributed by atoms with E-state index in [9.17, 15) is 14.4 Å². The molecule has 152 valence electrons. The van der Waals surface area contributed by atoms with Gasteiger partial charge in [-0.15, -0.1) is 0 Å². The van der Waals surface area contributed by atoms with Crippen molar-refractivity contribution < 1.29 is 24.2 Å². The van der Waals surface area contributed by atoms with Crippen LogP contribution in [-0.4, -0.2) is 35.1 Å². The summed E-state index contributed by atoms with van der Waals surface area (Å²) in [5.74, 6) is -1.95. The second kappa shape index (κ2) is 8.07. The number of fused-ring (bicyclic) bond motifs is 2. The van der Waals surface area contributed by atoms with E-state index in [4.69, 9.17) is 9.84 Å². The van der Waals surface area contributed by atoms with Crippen molar-refractivity contribution in [2.24, 2.45) is 0 Å². The first-order valence-corrected chi connectivity index (χ1v) is 9.61. The van der Waals surface area contributed by atoms with Crippen LogP contribution in [-0.2, 0) is 14.3 Å². The molecule has 0 radical (unpaired) electrons. The SMILES string of the molecule is CC(C)(C)OC(=O)CC1c2ccccc2C(=O)N(CCC(=O)O)c2ccccc21. The Morgan fingerprint density at radius 3 is 2.31 bits per heavy atom. The Morgan fingerprint density at radius 2 is 1.66 bits per heavy atom. The van der Waals surface area contributed by atoms with Crippen LogP contribution in [0.5, 0.6) is 0 Å². The third-order valence-electron chi connectivity index (χ3n) is 4.75. The summed E-state index contributed by atoms with van der Waals surface area (Å²) in [6.45, 7) is 5.50. The van der Waals surface area contributed by atoms with Crippen LogP contribution in [0.1, 0.15) is 61.0 Å². The van der Waals surface area contributed by atoms with Gasteiger partial charge in [-0.2, -0.15) is 0 Å². The minimum Gasteiger partial charge on any atom is -0.481 e. The van der Waals surface area contributed by atoms with Gasteiger partial charge in [-0.25, -0.2) is 0 Å². The third kappa shape index (κ3) is 4.65. The second-order valence-corrected chi connectivity index (χ2v) is 8.09. The summed E-state index contributed by atoms with van der Waals surface area (Å²) in [4.78, 5) is 38.6. The van der Waals surface area contributed by atoms with Crippen molar-refractivity contribution in [2.45, 2.75) is 45.1 Å². The number of aliphatic carboxylic acids is 1. The molecule has 1 aliphatic heterocycles. The highest BCUT2D eigenvalue weighted by molar-refractivity contribution is 6.09. The molecule has 0 aliphatic carbocycles. The topological polar surface area (TPSA) is 83.9 Å². The zero-order valence-corrected chi connectivity index (χ0v) is 16.8. The molecule has 0 bridgehead atoms. The molecule has 1 N–H and O–H groups in total. The molecule has 6 nitrogen and oxygen atoms in total.